The first-order valence-electron chi connectivity index (χ1n) is 2.82. The van der Waals surface area contributed by atoms with Crippen LogP contribution in [-0.2, 0) is 0 Å². The molecule has 1 aliphatic carbocycles. The number of hydrogen-bond acceptors (Lipinski definition) is 1. The lowest BCUT2D eigenvalue weighted by atomic mass is 9.97. The van der Waals surface area contributed by atoms with Gasteiger partial charge in [0.25, 0.3) is 0 Å². The summed E-state index contributed by atoms with van der Waals surface area (Å²) in [6.07, 6.45) is 3.76. The van der Waals surface area contributed by atoms with E-state index in [9.17, 15) is 0 Å². The molecule has 0 aliphatic heterocycles. The topological polar surface area (TPSA) is 20.2 Å². The molecule has 0 radical (unpaired) electrons. The molecule has 1 nitrogen and oxygen atoms in total. The van der Waals surface area contributed by atoms with E-state index in [2.05, 4.69) is 36.4 Å². The average Bonchev–Trinajstić information content (AvgIpc) is 1.97. The minimum Gasteiger partial charge on any atom is -0.507 e. The van der Waals surface area contributed by atoms with Crippen LogP contribution in [0.5, 0.6) is 0 Å². The summed E-state index contributed by atoms with van der Waals surface area (Å²) in [4.78, 5) is 0. The molecule has 0 aromatic carbocycles. The minimum absolute atomic E-state index is 0.0602. The van der Waals surface area contributed by atoms with Gasteiger partial charge in [-0.3, -0.25) is 0 Å². The molecule has 0 spiro atoms. The molecular weight excluding hydrogens is 227 g/mol. The Kier molecular flexibility index (Phi) is 1.59. The smallest absolute Gasteiger partial charge is 0.125 e. The third-order valence-electron chi connectivity index (χ3n) is 1.45. The van der Waals surface area contributed by atoms with Gasteiger partial charge in [-0.15, -0.1) is 0 Å². The van der Waals surface area contributed by atoms with Crippen LogP contribution in [0.3, 0.4) is 0 Å². The van der Waals surface area contributed by atoms with E-state index >= 15 is 0 Å². The fraction of sp³-hybridized carbons (Fsp3) is 0.429. The first-order chi connectivity index (χ1) is 4.04. The molecule has 0 fully saturated rings. The van der Waals surface area contributed by atoms with Crippen molar-refractivity contribution in [2.75, 3.05) is 0 Å². The van der Waals surface area contributed by atoms with Crippen LogP contribution in [0.15, 0.2) is 21.5 Å². The normalized spacial score (nSPS) is 23.4. The van der Waals surface area contributed by atoms with Crippen molar-refractivity contribution in [2.24, 2.45) is 5.41 Å². The fourth-order valence-electron chi connectivity index (χ4n) is 0.764. The molecule has 9 heavy (non-hydrogen) atoms. The van der Waals surface area contributed by atoms with Gasteiger partial charge in [0.1, 0.15) is 5.76 Å². The Labute approximate surface area is 68.6 Å². The summed E-state index contributed by atoms with van der Waals surface area (Å²) in [5.74, 6) is 0.417. The predicted molar refractivity (Wildman–Crippen MR) is 46.6 cm³/mol. The number of hydrogen-bond donors (Lipinski definition) is 1. The van der Waals surface area contributed by atoms with Crippen LogP contribution >= 0.6 is 22.6 Å². The number of aliphatic hydroxyl groups is 1. The van der Waals surface area contributed by atoms with Gasteiger partial charge < -0.3 is 5.11 Å². The highest BCUT2D eigenvalue weighted by molar-refractivity contribution is 14.1. The summed E-state index contributed by atoms with van der Waals surface area (Å²) < 4.78 is 1.03. The van der Waals surface area contributed by atoms with E-state index in [0.717, 1.165) is 3.58 Å². The van der Waals surface area contributed by atoms with Gasteiger partial charge in [-0.2, -0.15) is 0 Å². The van der Waals surface area contributed by atoms with Crippen molar-refractivity contribution in [3.8, 4) is 0 Å². The van der Waals surface area contributed by atoms with Crippen LogP contribution in [0.2, 0.25) is 0 Å². The molecule has 1 aliphatic rings. The van der Waals surface area contributed by atoms with Crippen molar-refractivity contribution in [1.29, 1.82) is 0 Å². The number of halogens is 1. The fourth-order valence-corrected chi connectivity index (χ4v) is 1.12. The van der Waals surface area contributed by atoms with Gasteiger partial charge in [0.15, 0.2) is 0 Å². The van der Waals surface area contributed by atoms with E-state index in [1.165, 1.54) is 0 Å². The summed E-state index contributed by atoms with van der Waals surface area (Å²) in [5, 5.41) is 9.12. The first-order valence-corrected chi connectivity index (χ1v) is 3.90. The average molecular weight is 236 g/mol. The molecule has 1 N–H and O–H groups in total. The molecule has 50 valence electrons. The van der Waals surface area contributed by atoms with E-state index in [4.69, 9.17) is 5.11 Å². The second-order valence-corrected chi connectivity index (χ2v) is 3.83. The Morgan fingerprint density at radius 1 is 1.56 bits per heavy atom. The third-order valence-corrected chi connectivity index (χ3v) is 3.39. The molecule has 2 heteroatoms. The summed E-state index contributed by atoms with van der Waals surface area (Å²) in [5.41, 5.74) is 0.0602. The SMILES string of the molecule is CC1(C)C=CC(O)=C1I. The minimum atomic E-state index is 0.0602. The van der Waals surface area contributed by atoms with Crippen molar-refractivity contribution >= 4 is 22.6 Å². The largest absolute Gasteiger partial charge is 0.507 e. The lowest BCUT2D eigenvalue weighted by Crippen LogP contribution is -2.03. The summed E-state index contributed by atoms with van der Waals surface area (Å²) in [6.45, 7) is 4.16. The highest BCUT2D eigenvalue weighted by atomic mass is 127. The van der Waals surface area contributed by atoms with Crippen LogP contribution in [0, 0.1) is 5.41 Å². The summed E-state index contributed by atoms with van der Waals surface area (Å²) in [7, 11) is 0. The zero-order valence-electron chi connectivity index (χ0n) is 5.48. The Morgan fingerprint density at radius 2 is 2.11 bits per heavy atom. The standard InChI is InChI=1S/C7H9IO/c1-7(2)4-3-5(9)6(7)8/h3-4,9H,1-2H3. The van der Waals surface area contributed by atoms with Gasteiger partial charge in [-0.25, -0.2) is 0 Å². The second kappa shape index (κ2) is 2.01. The van der Waals surface area contributed by atoms with Crippen LogP contribution in [0.25, 0.3) is 0 Å². The highest BCUT2D eigenvalue weighted by Gasteiger charge is 2.25. The Morgan fingerprint density at radius 3 is 2.22 bits per heavy atom. The summed E-state index contributed by atoms with van der Waals surface area (Å²) >= 11 is 2.17. The first kappa shape index (κ1) is 7.12. The van der Waals surface area contributed by atoms with Gasteiger partial charge in [-0.05, 0) is 28.7 Å². The van der Waals surface area contributed by atoms with Crippen molar-refractivity contribution in [3.05, 3.63) is 21.5 Å². The van der Waals surface area contributed by atoms with Crippen LogP contribution in [0.4, 0.5) is 0 Å². The summed E-state index contributed by atoms with van der Waals surface area (Å²) in [6, 6.07) is 0. The van der Waals surface area contributed by atoms with Crippen molar-refractivity contribution in [2.45, 2.75) is 13.8 Å². The molecule has 0 unspecified atom stereocenters. The van der Waals surface area contributed by atoms with E-state index in [1.54, 1.807) is 6.08 Å². The van der Waals surface area contributed by atoms with E-state index < -0.39 is 0 Å². The Balaban J connectivity index is 3.01. The maximum absolute atomic E-state index is 9.12. The zero-order chi connectivity index (χ0) is 7.07. The van der Waals surface area contributed by atoms with Gasteiger partial charge in [0.05, 0.1) is 0 Å². The zero-order valence-corrected chi connectivity index (χ0v) is 7.64. The highest BCUT2D eigenvalue weighted by Crippen LogP contribution is 2.39. The monoisotopic (exact) mass is 236 g/mol. The lowest BCUT2D eigenvalue weighted by molar-refractivity contribution is 0.426. The van der Waals surface area contributed by atoms with Crippen molar-refractivity contribution in [3.63, 3.8) is 0 Å². The number of rotatable bonds is 0. The van der Waals surface area contributed by atoms with Crippen LogP contribution in [-0.4, -0.2) is 5.11 Å². The Hall–Kier alpha value is 0.01000. The van der Waals surface area contributed by atoms with Crippen LogP contribution < -0.4 is 0 Å². The molecule has 0 aromatic heterocycles. The van der Waals surface area contributed by atoms with E-state index in [0.29, 0.717) is 5.76 Å². The van der Waals surface area contributed by atoms with E-state index in [1.807, 2.05) is 6.08 Å². The molecule has 1 rings (SSSR count). The maximum Gasteiger partial charge on any atom is 0.125 e. The molecule has 0 amide bonds. The molecule has 0 saturated carbocycles. The molecule has 0 bridgehead atoms. The molecule has 0 heterocycles. The molecule has 0 aromatic rings. The van der Waals surface area contributed by atoms with Crippen molar-refractivity contribution < 1.29 is 5.11 Å². The van der Waals surface area contributed by atoms with E-state index in [-0.39, 0.29) is 5.41 Å². The maximum atomic E-state index is 9.12. The molecule has 0 atom stereocenters. The molecule has 0 saturated heterocycles. The quantitative estimate of drug-likeness (QED) is 0.641. The second-order valence-electron chi connectivity index (χ2n) is 2.75. The molecular formula is C7H9IO. The van der Waals surface area contributed by atoms with Crippen molar-refractivity contribution in [1.82, 2.24) is 0 Å². The van der Waals surface area contributed by atoms with Gasteiger partial charge in [0.2, 0.25) is 0 Å². The van der Waals surface area contributed by atoms with Gasteiger partial charge >= 0.3 is 0 Å². The number of aliphatic hydroxyl groups excluding tert-OH is 1. The van der Waals surface area contributed by atoms with Gasteiger partial charge in [-0.1, -0.05) is 19.9 Å². The Bertz CT molecular complexity index is 189. The third kappa shape index (κ3) is 1.13. The van der Waals surface area contributed by atoms with Crippen LogP contribution in [0.1, 0.15) is 13.8 Å². The predicted octanol–water partition coefficient (Wildman–Crippen LogP) is 2.79. The van der Waals surface area contributed by atoms with Gasteiger partial charge in [0, 0.05) is 8.99 Å². The lowest BCUT2D eigenvalue weighted by Gasteiger charge is -2.14. The number of allylic oxidation sites excluding steroid dienone is 3.